The van der Waals surface area contributed by atoms with Gasteiger partial charge in [0.25, 0.3) is 11.8 Å². The Hall–Kier alpha value is -3.61. The Bertz CT molecular complexity index is 1040. The molecular weight excluding hydrogens is 361 g/mol. The zero-order valence-electron chi connectivity index (χ0n) is 15.7. The van der Waals surface area contributed by atoms with Crippen LogP contribution in [-0.2, 0) is 0 Å². The van der Waals surface area contributed by atoms with Crippen LogP contribution in [0.3, 0.4) is 0 Å². The van der Waals surface area contributed by atoms with Crippen LogP contribution in [0, 0.1) is 19.7 Å². The lowest BCUT2D eigenvalue weighted by molar-refractivity contribution is 0.0844. The Labute approximate surface area is 161 Å². The largest absolute Gasteiger partial charge is 0.497 e. The van der Waals surface area contributed by atoms with E-state index in [-0.39, 0.29) is 5.56 Å². The van der Waals surface area contributed by atoms with Gasteiger partial charge in [-0.15, -0.1) is 0 Å². The summed E-state index contributed by atoms with van der Waals surface area (Å²) < 4.78 is 20.8. The van der Waals surface area contributed by atoms with Crippen LogP contribution in [0.5, 0.6) is 5.75 Å². The molecule has 2 aromatic carbocycles. The summed E-state index contributed by atoms with van der Waals surface area (Å²) in [5, 5.41) is 0. The smallest absolute Gasteiger partial charge is 0.272 e. The van der Waals surface area contributed by atoms with E-state index in [1.54, 1.807) is 26.2 Å². The average molecular weight is 381 g/mol. The first kappa shape index (κ1) is 19.2. The van der Waals surface area contributed by atoms with Crippen molar-refractivity contribution in [3.05, 3.63) is 82.9 Å². The number of rotatable bonds is 4. The maximum absolute atomic E-state index is 13.7. The highest BCUT2D eigenvalue weighted by Gasteiger charge is 2.18. The van der Waals surface area contributed by atoms with Gasteiger partial charge in [-0.25, -0.2) is 4.39 Å². The predicted molar refractivity (Wildman–Crippen MR) is 103 cm³/mol. The zero-order chi connectivity index (χ0) is 20.3. The highest BCUT2D eigenvalue weighted by molar-refractivity contribution is 6.00. The Morgan fingerprint density at radius 3 is 2.29 bits per heavy atom. The number of ether oxygens (including phenoxy) is 1. The first-order valence-corrected chi connectivity index (χ1v) is 8.61. The third-order valence-electron chi connectivity index (χ3n) is 4.40. The van der Waals surface area contributed by atoms with Crippen molar-refractivity contribution >= 4 is 11.8 Å². The highest BCUT2D eigenvalue weighted by atomic mass is 19.1. The number of amides is 2. The SMILES string of the molecule is COc1cccc(-n2c(C)cc(C(=O)NNC(=O)c3ccccc3F)c2C)c1. The number of carbonyl (C=O) groups is 2. The summed E-state index contributed by atoms with van der Waals surface area (Å²) in [5.74, 6) is -1.18. The summed E-state index contributed by atoms with van der Waals surface area (Å²) >= 11 is 0. The van der Waals surface area contributed by atoms with Crippen molar-refractivity contribution in [2.24, 2.45) is 0 Å². The molecule has 0 fully saturated rings. The molecule has 144 valence electrons. The van der Waals surface area contributed by atoms with E-state index in [0.717, 1.165) is 11.4 Å². The Balaban J connectivity index is 1.80. The van der Waals surface area contributed by atoms with E-state index < -0.39 is 17.6 Å². The van der Waals surface area contributed by atoms with Gasteiger partial charge in [-0.05, 0) is 44.2 Å². The summed E-state index contributed by atoms with van der Waals surface area (Å²) in [6, 6.07) is 14.7. The van der Waals surface area contributed by atoms with Gasteiger partial charge in [0.2, 0.25) is 0 Å². The molecule has 0 unspecified atom stereocenters. The number of aromatic nitrogens is 1. The van der Waals surface area contributed by atoms with Gasteiger partial charge in [0.05, 0.1) is 18.2 Å². The summed E-state index contributed by atoms with van der Waals surface area (Å²) in [6.45, 7) is 3.68. The van der Waals surface area contributed by atoms with Crippen molar-refractivity contribution in [1.82, 2.24) is 15.4 Å². The van der Waals surface area contributed by atoms with Gasteiger partial charge in [0, 0.05) is 23.1 Å². The molecule has 2 N–H and O–H groups in total. The van der Waals surface area contributed by atoms with E-state index in [9.17, 15) is 14.0 Å². The normalized spacial score (nSPS) is 10.4. The molecule has 28 heavy (non-hydrogen) atoms. The van der Waals surface area contributed by atoms with Crippen molar-refractivity contribution in [2.75, 3.05) is 7.11 Å². The van der Waals surface area contributed by atoms with E-state index in [0.29, 0.717) is 17.0 Å². The van der Waals surface area contributed by atoms with Crippen LogP contribution in [-0.4, -0.2) is 23.5 Å². The fraction of sp³-hybridized carbons (Fsp3) is 0.143. The fourth-order valence-electron chi connectivity index (χ4n) is 3.03. The molecule has 3 aromatic rings. The second-order valence-corrected chi connectivity index (χ2v) is 6.21. The third kappa shape index (κ3) is 3.73. The molecule has 0 aliphatic rings. The molecule has 0 aliphatic carbocycles. The van der Waals surface area contributed by atoms with Crippen molar-refractivity contribution in [1.29, 1.82) is 0 Å². The van der Waals surface area contributed by atoms with Crippen molar-refractivity contribution in [3.63, 3.8) is 0 Å². The molecule has 1 heterocycles. The Kier molecular flexibility index (Phi) is 5.44. The molecule has 2 amide bonds. The first-order valence-electron chi connectivity index (χ1n) is 8.61. The van der Waals surface area contributed by atoms with Crippen LogP contribution in [0.1, 0.15) is 32.1 Å². The molecule has 0 radical (unpaired) electrons. The van der Waals surface area contributed by atoms with Crippen LogP contribution in [0.15, 0.2) is 54.6 Å². The number of carbonyl (C=O) groups excluding carboxylic acids is 2. The van der Waals surface area contributed by atoms with E-state index >= 15 is 0 Å². The van der Waals surface area contributed by atoms with Gasteiger partial charge in [-0.2, -0.15) is 0 Å². The fourth-order valence-corrected chi connectivity index (χ4v) is 3.03. The molecule has 0 aliphatic heterocycles. The van der Waals surface area contributed by atoms with Crippen LogP contribution >= 0.6 is 0 Å². The van der Waals surface area contributed by atoms with Gasteiger partial charge in [-0.3, -0.25) is 20.4 Å². The average Bonchev–Trinajstić information content (AvgIpc) is 3.00. The molecule has 0 saturated heterocycles. The number of aryl methyl sites for hydroxylation is 1. The lowest BCUT2D eigenvalue weighted by atomic mass is 10.2. The molecule has 0 atom stereocenters. The van der Waals surface area contributed by atoms with E-state index in [1.807, 2.05) is 35.8 Å². The van der Waals surface area contributed by atoms with Gasteiger partial charge in [0.1, 0.15) is 11.6 Å². The molecular formula is C21H20FN3O3. The number of halogens is 1. The van der Waals surface area contributed by atoms with Crippen molar-refractivity contribution in [3.8, 4) is 11.4 Å². The molecule has 0 saturated carbocycles. The summed E-state index contributed by atoms with van der Waals surface area (Å²) in [5.41, 5.74) is 7.22. The number of hydrogen-bond acceptors (Lipinski definition) is 3. The molecule has 0 bridgehead atoms. The molecule has 3 rings (SSSR count). The summed E-state index contributed by atoms with van der Waals surface area (Å²) in [7, 11) is 1.59. The molecule has 7 heteroatoms. The topological polar surface area (TPSA) is 72.4 Å². The van der Waals surface area contributed by atoms with E-state index in [1.165, 1.54) is 18.2 Å². The van der Waals surface area contributed by atoms with Gasteiger partial charge < -0.3 is 9.30 Å². The van der Waals surface area contributed by atoms with Crippen LogP contribution in [0.25, 0.3) is 5.69 Å². The maximum Gasteiger partial charge on any atom is 0.272 e. The minimum Gasteiger partial charge on any atom is -0.497 e. The highest BCUT2D eigenvalue weighted by Crippen LogP contribution is 2.23. The summed E-state index contributed by atoms with van der Waals surface area (Å²) in [6.07, 6.45) is 0. The Morgan fingerprint density at radius 1 is 0.929 bits per heavy atom. The minimum atomic E-state index is -0.729. The number of hydrazine groups is 1. The zero-order valence-corrected chi connectivity index (χ0v) is 15.7. The molecule has 1 aromatic heterocycles. The number of benzene rings is 2. The lowest BCUT2D eigenvalue weighted by Gasteiger charge is -2.12. The predicted octanol–water partition coefficient (Wildman–Crippen LogP) is 3.32. The van der Waals surface area contributed by atoms with E-state index in [4.69, 9.17) is 4.74 Å². The number of nitrogens with zero attached hydrogens (tertiary/aromatic N) is 1. The quantitative estimate of drug-likeness (QED) is 0.681. The van der Waals surface area contributed by atoms with Crippen molar-refractivity contribution < 1.29 is 18.7 Å². The van der Waals surface area contributed by atoms with Crippen LogP contribution < -0.4 is 15.6 Å². The third-order valence-corrected chi connectivity index (χ3v) is 4.40. The monoisotopic (exact) mass is 381 g/mol. The number of nitrogens with one attached hydrogen (secondary N) is 2. The van der Waals surface area contributed by atoms with Gasteiger partial charge in [-0.1, -0.05) is 18.2 Å². The minimum absolute atomic E-state index is 0.148. The number of methoxy groups -OCH3 is 1. The summed E-state index contributed by atoms with van der Waals surface area (Å²) in [4.78, 5) is 24.6. The Morgan fingerprint density at radius 2 is 1.61 bits per heavy atom. The molecule has 6 nitrogen and oxygen atoms in total. The second-order valence-electron chi connectivity index (χ2n) is 6.21. The standard InChI is InChI=1S/C21H20FN3O3/c1-13-11-18(14(2)25(13)15-7-6-8-16(12-15)28-3)21(27)24-23-20(26)17-9-4-5-10-19(17)22/h4-12H,1-3H3,(H,23,26)(H,24,27). The second kappa shape index (κ2) is 7.96. The van der Waals surface area contributed by atoms with E-state index in [2.05, 4.69) is 10.9 Å². The van der Waals surface area contributed by atoms with Crippen LogP contribution in [0.2, 0.25) is 0 Å². The first-order chi connectivity index (χ1) is 13.4. The lowest BCUT2D eigenvalue weighted by Crippen LogP contribution is -2.42. The maximum atomic E-state index is 13.7. The number of hydrogen-bond donors (Lipinski definition) is 2. The molecule has 0 spiro atoms. The van der Waals surface area contributed by atoms with Crippen molar-refractivity contribution in [2.45, 2.75) is 13.8 Å². The van der Waals surface area contributed by atoms with Gasteiger partial charge in [0.15, 0.2) is 0 Å². The van der Waals surface area contributed by atoms with Crippen LogP contribution in [0.4, 0.5) is 4.39 Å². The van der Waals surface area contributed by atoms with Gasteiger partial charge >= 0.3 is 0 Å².